The molecule has 0 aliphatic carbocycles. The van der Waals surface area contributed by atoms with E-state index in [2.05, 4.69) is 55.6 Å². The van der Waals surface area contributed by atoms with Crippen molar-refractivity contribution >= 4 is 11.9 Å². The molecule has 0 radical (unpaired) electrons. The second kappa shape index (κ2) is 56.4. The van der Waals surface area contributed by atoms with Crippen LogP contribution in [0.3, 0.4) is 0 Å². The Labute approximate surface area is 416 Å². The molecule has 3 N–H and O–H groups in total. The van der Waals surface area contributed by atoms with Gasteiger partial charge in [-0.1, -0.05) is 249 Å². The van der Waals surface area contributed by atoms with Crippen molar-refractivity contribution in [2.45, 2.75) is 315 Å². The summed E-state index contributed by atoms with van der Waals surface area (Å²) >= 11 is 0. The van der Waals surface area contributed by atoms with Crippen LogP contribution in [0.5, 0.6) is 0 Å². The molecule has 1 amide bonds. The van der Waals surface area contributed by atoms with Crippen molar-refractivity contribution in [1.29, 1.82) is 0 Å². The molecule has 0 spiro atoms. The Morgan fingerprint density at radius 2 is 0.746 bits per heavy atom. The second-order valence-electron chi connectivity index (χ2n) is 20.0. The van der Waals surface area contributed by atoms with E-state index in [9.17, 15) is 19.8 Å². The summed E-state index contributed by atoms with van der Waals surface area (Å²) in [5, 5.41) is 23.0. The van der Waals surface area contributed by atoms with Gasteiger partial charge in [-0.3, -0.25) is 9.59 Å². The van der Waals surface area contributed by atoms with Crippen molar-refractivity contribution < 1.29 is 24.5 Å². The number of aliphatic hydroxyl groups is 2. The molecule has 392 valence electrons. The lowest BCUT2D eigenvalue weighted by Gasteiger charge is -2.20. The molecule has 0 aliphatic rings. The lowest BCUT2D eigenvalue weighted by atomic mass is 10.0. The van der Waals surface area contributed by atoms with Gasteiger partial charge in [0.05, 0.1) is 25.4 Å². The first-order chi connectivity index (χ1) is 33.0. The Balaban J connectivity index is 3.43. The minimum absolute atomic E-state index is 0.00365. The Kier molecular flexibility index (Phi) is 54.6. The zero-order valence-corrected chi connectivity index (χ0v) is 44.6. The Morgan fingerprint density at radius 1 is 0.418 bits per heavy atom. The van der Waals surface area contributed by atoms with Crippen LogP contribution in [0, 0.1) is 0 Å². The number of nitrogens with one attached hydrogen (secondary N) is 1. The van der Waals surface area contributed by atoms with Gasteiger partial charge in [-0.15, -0.1) is 0 Å². The predicted molar refractivity (Wildman–Crippen MR) is 292 cm³/mol. The molecule has 0 aromatic heterocycles. The van der Waals surface area contributed by atoms with Crippen LogP contribution in [0.15, 0.2) is 48.6 Å². The summed E-state index contributed by atoms with van der Waals surface area (Å²) in [7, 11) is 0. The average Bonchev–Trinajstić information content (AvgIpc) is 3.33. The molecule has 0 bridgehead atoms. The number of hydrogen-bond acceptors (Lipinski definition) is 5. The summed E-state index contributed by atoms with van der Waals surface area (Å²) in [5.41, 5.74) is 0. The number of esters is 1. The fraction of sp³-hybridized carbons (Fsp3) is 0.836. The monoisotopic (exact) mass is 940 g/mol. The third-order valence-electron chi connectivity index (χ3n) is 13.3. The standard InChI is InChI=1S/C61H113NO5/c1-3-5-7-9-11-13-15-17-27-31-35-39-43-47-51-55-61(66)67-56-52-48-44-40-36-32-29-26-24-22-20-18-19-21-23-25-28-30-34-38-42-46-50-54-60(65)62-58(57-63)59(64)53-49-45-41-37-33-16-14-12-10-8-6-4-2/h11,13,17,21,23,27,49,53,58-59,63-64H,3-10,12,14-16,18-20,22,24-26,28-48,50-52,54-57H2,1-2H3,(H,62,65)/b13-11-,23-21-,27-17-,53-49+. The smallest absolute Gasteiger partial charge is 0.305 e. The van der Waals surface area contributed by atoms with E-state index < -0.39 is 12.1 Å². The third-order valence-corrected chi connectivity index (χ3v) is 13.3. The molecule has 0 aromatic rings. The van der Waals surface area contributed by atoms with Gasteiger partial charge in [0, 0.05) is 12.8 Å². The maximum atomic E-state index is 12.4. The Hall–Kier alpha value is -2.18. The molecule has 67 heavy (non-hydrogen) atoms. The van der Waals surface area contributed by atoms with E-state index in [-0.39, 0.29) is 18.5 Å². The number of allylic oxidation sites excluding steroid dienone is 7. The maximum Gasteiger partial charge on any atom is 0.305 e. The van der Waals surface area contributed by atoms with Crippen molar-refractivity contribution in [2.75, 3.05) is 13.2 Å². The van der Waals surface area contributed by atoms with Gasteiger partial charge in [0.1, 0.15) is 0 Å². The summed E-state index contributed by atoms with van der Waals surface area (Å²) in [6.45, 7) is 4.86. The van der Waals surface area contributed by atoms with Crippen LogP contribution in [0.2, 0.25) is 0 Å². The average molecular weight is 941 g/mol. The molecule has 0 saturated carbocycles. The van der Waals surface area contributed by atoms with Crippen LogP contribution >= 0.6 is 0 Å². The van der Waals surface area contributed by atoms with Crippen molar-refractivity contribution in [3.05, 3.63) is 48.6 Å². The van der Waals surface area contributed by atoms with Crippen LogP contribution in [0.25, 0.3) is 0 Å². The molecule has 0 heterocycles. The zero-order valence-electron chi connectivity index (χ0n) is 44.6. The van der Waals surface area contributed by atoms with Crippen molar-refractivity contribution in [1.82, 2.24) is 5.32 Å². The van der Waals surface area contributed by atoms with Gasteiger partial charge in [-0.05, 0) is 89.9 Å². The van der Waals surface area contributed by atoms with E-state index in [1.54, 1.807) is 6.08 Å². The van der Waals surface area contributed by atoms with E-state index in [0.717, 1.165) is 57.8 Å². The van der Waals surface area contributed by atoms with Crippen LogP contribution in [0.4, 0.5) is 0 Å². The minimum Gasteiger partial charge on any atom is -0.466 e. The van der Waals surface area contributed by atoms with Crippen LogP contribution < -0.4 is 5.32 Å². The minimum atomic E-state index is -0.848. The molecule has 0 rings (SSSR count). The molecule has 0 aromatic carbocycles. The highest BCUT2D eigenvalue weighted by Gasteiger charge is 2.18. The molecular formula is C61H113NO5. The van der Waals surface area contributed by atoms with Crippen molar-refractivity contribution in [2.24, 2.45) is 0 Å². The third kappa shape index (κ3) is 53.0. The molecule has 0 aliphatic heterocycles. The first-order valence-corrected chi connectivity index (χ1v) is 29.4. The summed E-state index contributed by atoms with van der Waals surface area (Å²) in [6, 6.07) is -0.632. The molecule has 2 atom stereocenters. The number of carbonyl (C=O) groups is 2. The number of aliphatic hydroxyl groups excluding tert-OH is 2. The van der Waals surface area contributed by atoms with Crippen molar-refractivity contribution in [3.8, 4) is 0 Å². The largest absolute Gasteiger partial charge is 0.466 e. The lowest BCUT2D eigenvalue weighted by molar-refractivity contribution is -0.143. The predicted octanol–water partition coefficient (Wildman–Crippen LogP) is 18.2. The molecule has 0 fully saturated rings. The van der Waals surface area contributed by atoms with E-state index >= 15 is 0 Å². The number of amides is 1. The summed E-state index contributed by atoms with van der Waals surface area (Å²) in [4.78, 5) is 24.5. The number of hydrogen-bond donors (Lipinski definition) is 3. The number of carbonyl (C=O) groups excluding carboxylic acids is 2. The van der Waals surface area contributed by atoms with Gasteiger partial charge in [0.25, 0.3) is 0 Å². The fourth-order valence-corrected chi connectivity index (χ4v) is 8.78. The van der Waals surface area contributed by atoms with Gasteiger partial charge in [0.2, 0.25) is 5.91 Å². The van der Waals surface area contributed by atoms with Gasteiger partial charge < -0.3 is 20.3 Å². The van der Waals surface area contributed by atoms with Crippen LogP contribution in [0.1, 0.15) is 303 Å². The van der Waals surface area contributed by atoms with Gasteiger partial charge in [-0.25, -0.2) is 0 Å². The summed E-state index contributed by atoms with van der Waals surface area (Å²) in [6.07, 6.45) is 71.4. The molecule has 6 nitrogen and oxygen atoms in total. The highest BCUT2D eigenvalue weighted by atomic mass is 16.5. The summed E-state index contributed by atoms with van der Waals surface area (Å²) in [5.74, 6) is -0.0793. The molecule has 0 saturated heterocycles. The van der Waals surface area contributed by atoms with Crippen LogP contribution in [-0.4, -0.2) is 47.4 Å². The topological polar surface area (TPSA) is 95.9 Å². The highest BCUT2D eigenvalue weighted by molar-refractivity contribution is 5.76. The first-order valence-electron chi connectivity index (χ1n) is 29.4. The normalized spacial score (nSPS) is 13.0. The fourth-order valence-electron chi connectivity index (χ4n) is 8.78. The first kappa shape index (κ1) is 64.8. The second-order valence-corrected chi connectivity index (χ2v) is 20.0. The quantitative estimate of drug-likeness (QED) is 0.0321. The zero-order chi connectivity index (χ0) is 48.6. The van der Waals surface area contributed by atoms with Gasteiger partial charge >= 0.3 is 5.97 Å². The van der Waals surface area contributed by atoms with E-state index in [4.69, 9.17) is 4.74 Å². The maximum absolute atomic E-state index is 12.4. The lowest BCUT2D eigenvalue weighted by Crippen LogP contribution is -2.45. The molecule has 2 unspecified atom stereocenters. The van der Waals surface area contributed by atoms with Gasteiger partial charge in [-0.2, -0.15) is 0 Å². The number of rotatable bonds is 54. The number of ether oxygens (including phenoxy) is 1. The Bertz CT molecular complexity index is 1130. The number of unbranched alkanes of at least 4 members (excludes halogenated alkanes) is 37. The van der Waals surface area contributed by atoms with E-state index in [0.29, 0.717) is 19.4 Å². The van der Waals surface area contributed by atoms with E-state index in [1.807, 2.05) is 6.08 Å². The highest BCUT2D eigenvalue weighted by Crippen LogP contribution is 2.16. The Morgan fingerprint density at radius 3 is 1.18 bits per heavy atom. The summed E-state index contributed by atoms with van der Waals surface area (Å²) < 4.78 is 5.47. The van der Waals surface area contributed by atoms with Crippen molar-refractivity contribution in [3.63, 3.8) is 0 Å². The molecule has 6 heteroatoms. The van der Waals surface area contributed by atoms with Crippen LogP contribution in [-0.2, 0) is 14.3 Å². The SMILES string of the molecule is CCCCC/C=C\C/C=C\CCCCCCCC(=O)OCCCCCCCCCCCCCC/C=C\CCCCCCCCCC(=O)NC(CO)C(O)/C=C/CCCCCCCCCCCC. The molecular weight excluding hydrogens is 827 g/mol. The van der Waals surface area contributed by atoms with E-state index in [1.165, 1.54) is 218 Å². The van der Waals surface area contributed by atoms with Gasteiger partial charge in [0.15, 0.2) is 0 Å².